The molecule has 1 aromatic rings. The van der Waals surface area contributed by atoms with E-state index in [0.717, 1.165) is 30.9 Å². The van der Waals surface area contributed by atoms with Crippen molar-refractivity contribution in [3.8, 4) is 5.75 Å². The maximum Gasteiger partial charge on any atom is 0.142 e. The molecule has 2 rings (SSSR count). The van der Waals surface area contributed by atoms with E-state index in [1.807, 2.05) is 12.1 Å². The van der Waals surface area contributed by atoms with E-state index in [1.165, 1.54) is 5.56 Å². The number of para-hydroxylation sites is 1. The van der Waals surface area contributed by atoms with Crippen molar-refractivity contribution in [3.63, 3.8) is 0 Å². The first kappa shape index (κ1) is 12.2. The Morgan fingerprint density at radius 1 is 1.41 bits per heavy atom. The van der Waals surface area contributed by atoms with Crippen molar-refractivity contribution in [2.24, 2.45) is 0 Å². The number of hydrogen-bond acceptors (Lipinski definition) is 3. The molecule has 0 bridgehead atoms. The van der Waals surface area contributed by atoms with Gasteiger partial charge in [0.15, 0.2) is 0 Å². The molecule has 94 valence electrons. The summed E-state index contributed by atoms with van der Waals surface area (Å²) in [5.41, 5.74) is 2.31. The highest BCUT2D eigenvalue weighted by Crippen LogP contribution is 2.40. The number of fused-ring (bicyclic) bond motifs is 1. The van der Waals surface area contributed by atoms with Gasteiger partial charge in [0.25, 0.3) is 0 Å². The molecule has 0 amide bonds. The van der Waals surface area contributed by atoms with Gasteiger partial charge in [-0.05, 0) is 25.8 Å². The highest BCUT2D eigenvalue weighted by Gasteiger charge is 2.26. The zero-order chi connectivity index (χ0) is 12.3. The summed E-state index contributed by atoms with van der Waals surface area (Å²) >= 11 is 0. The van der Waals surface area contributed by atoms with Crippen LogP contribution in [0.4, 0.5) is 5.69 Å². The van der Waals surface area contributed by atoms with Gasteiger partial charge >= 0.3 is 0 Å². The monoisotopic (exact) mass is 235 g/mol. The molecule has 0 spiro atoms. The van der Waals surface area contributed by atoms with Crippen LogP contribution < -0.4 is 10.1 Å². The molecule has 3 heteroatoms. The van der Waals surface area contributed by atoms with E-state index in [2.05, 4.69) is 25.2 Å². The normalized spacial score (nSPS) is 22.8. The minimum Gasteiger partial charge on any atom is -0.495 e. The summed E-state index contributed by atoms with van der Waals surface area (Å²) in [6.07, 6.45) is 2.26. The first-order valence-electron chi connectivity index (χ1n) is 6.31. The third-order valence-electron chi connectivity index (χ3n) is 3.11. The summed E-state index contributed by atoms with van der Waals surface area (Å²) in [6.45, 7) is 5.13. The summed E-state index contributed by atoms with van der Waals surface area (Å²) in [7, 11) is 1.71. The molecule has 1 N–H and O–H groups in total. The van der Waals surface area contributed by atoms with Crippen LogP contribution in [0.25, 0.3) is 0 Å². The second-order valence-corrected chi connectivity index (χ2v) is 4.57. The van der Waals surface area contributed by atoms with Gasteiger partial charge in [0.2, 0.25) is 0 Å². The molecule has 0 unspecified atom stereocenters. The number of rotatable bonds is 4. The second-order valence-electron chi connectivity index (χ2n) is 4.57. The lowest BCUT2D eigenvalue weighted by molar-refractivity contribution is 0.0421. The fraction of sp³-hybridized carbons (Fsp3) is 0.571. The molecule has 0 saturated heterocycles. The van der Waals surface area contributed by atoms with Crippen molar-refractivity contribution in [2.45, 2.75) is 38.8 Å². The predicted octanol–water partition coefficient (Wildman–Crippen LogP) is 3.37. The predicted molar refractivity (Wildman–Crippen MR) is 69.7 cm³/mol. The third-order valence-corrected chi connectivity index (χ3v) is 3.11. The molecule has 1 aliphatic heterocycles. The maximum atomic E-state index is 5.93. The van der Waals surface area contributed by atoms with Gasteiger partial charge < -0.3 is 14.8 Å². The van der Waals surface area contributed by atoms with Crippen LogP contribution in [0.5, 0.6) is 5.75 Å². The summed E-state index contributed by atoms with van der Waals surface area (Å²) in [5.74, 6) is 0.902. The Kier molecular flexibility index (Phi) is 3.89. The van der Waals surface area contributed by atoms with E-state index >= 15 is 0 Å². The third kappa shape index (κ3) is 2.55. The average molecular weight is 235 g/mol. The van der Waals surface area contributed by atoms with Crippen LogP contribution in [0.2, 0.25) is 0 Å². The van der Waals surface area contributed by atoms with Crippen molar-refractivity contribution < 1.29 is 9.47 Å². The van der Waals surface area contributed by atoms with E-state index in [1.54, 1.807) is 7.11 Å². The molecule has 0 fully saturated rings. The zero-order valence-corrected chi connectivity index (χ0v) is 10.8. The summed E-state index contributed by atoms with van der Waals surface area (Å²) in [5, 5.41) is 3.48. The van der Waals surface area contributed by atoms with E-state index in [9.17, 15) is 0 Å². The number of hydrogen-bond donors (Lipinski definition) is 1. The van der Waals surface area contributed by atoms with Crippen molar-refractivity contribution in [1.29, 1.82) is 0 Å². The van der Waals surface area contributed by atoms with Crippen LogP contribution in [0.15, 0.2) is 18.2 Å². The topological polar surface area (TPSA) is 30.5 Å². The van der Waals surface area contributed by atoms with Crippen LogP contribution in [-0.4, -0.2) is 19.8 Å². The highest BCUT2D eigenvalue weighted by molar-refractivity contribution is 5.64. The average Bonchev–Trinajstić information content (AvgIpc) is 2.35. The zero-order valence-electron chi connectivity index (χ0n) is 10.8. The van der Waals surface area contributed by atoms with Gasteiger partial charge in [0, 0.05) is 18.2 Å². The van der Waals surface area contributed by atoms with E-state index < -0.39 is 0 Å². The van der Waals surface area contributed by atoms with Gasteiger partial charge in [-0.15, -0.1) is 0 Å². The lowest BCUT2D eigenvalue weighted by Gasteiger charge is -2.32. The van der Waals surface area contributed by atoms with Gasteiger partial charge in [-0.2, -0.15) is 0 Å². The number of methoxy groups -OCH3 is 1. The number of anilines is 1. The quantitative estimate of drug-likeness (QED) is 0.868. The number of benzene rings is 1. The van der Waals surface area contributed by atoms with Gasteiger partial charge in [0.05, 0.1) is 18.9 Å². The molecule has 1 aliphatic rings. The molecule has 0 aliphatic carbocycles. The first-order chi connectivity index (χ1) is 8.26. The van der Waals surface area contributed by atoms with Gasteiger partial charge in [-0.1, -0.05) is 19.1 Å². The molecular formula is C14H21NO2. The van der Waals surface area contributed by atoms with Crippen LogP contribution in [-0.2, 0) is 4.74 Å². The Bertz CT molecular complexity index is 378. The van der Waals surface area contributed by atoms with E-state index in [-0.39, 0.29) is 6.10 Å². The van der Waals surface area contributed by atoms with Gasteiger partial charge in [-0.25, -0.2) is 0 Å². The van der Waals surface area contributed by atoms with Crippen LogP contribution in [0.3, 0.4) is 0 Å². The van der Waals surface area contributed by atoms with Gasteiger partial charge in [0.1, 0.15) is 5.75 Å². The SMILES string of the molecule is CCCO[C@H]1C[C@@H](C)Nc2c(OC)cccc21. The lowest BCUT2D eigenvalue weighted by atomic mass is 9.95. The van der Waals surface area contributed by atoms with Gasteiger partial charge in [-0.3, -0.25) is 0 Å². The highest BCUT2D eigenvalue weighted by atomic mass is 16.5. The Morgan fingerprint density at radius 2 is 2.24 bits per heavy atom. The molecule has 1 heterocycles. The first-order valence-corrected chi connectivity index (χ1v) is 6.31. The molecule has 2 atom stereocenters. The maximum absolute atomic E-state index is 5.93. The van der Waals surface area contributed by atoms with Crippen LogP contribution >= 0.6 is 0 Å². The number of nitrogens with one attached hydrogen (secondary N) is 1. The Balaban J connectivity index is 2.29. The molecule has 17 heavy (non-hydrogen) atoms. The second kappa shape index (κ2) is 5.41. The van der Waals surface area contributed by atoms with Crippen molar-refractivity contribution in [3.05, 3.63) is 23.8 Å². The van der Waals surface area contributed by atoms with Crippen LogP contribution in [0, 0.1) is 0 Å². The van der Waals surface area contributed by atoms with Crippen molar-refractivity contribution in [1.82, 2.24) is 0 Å². The molecule has 0 aromatic heterocycles. The molecular weight excluding hydrogens is 214 g/mol. The van der Waals surface area contributed by atoms with E-state index in [0.29, 0.717) is 6.04 Å². The minimum atomic E-state index is 0.191. The fourth-order valence-corrected chi connectivity index (χ4v) is 2.31. The molecule has 1 aromatic carbocycles. The lowest BCUT2D eigenvalue weighted by Crippen LogP contribution is -2.27. The molecule has 0 saturated carbocycles. The fourth-order valence-electron chi connectivity index (χ4n) is 2.31. The smallest absolute Gasteiger partial charge is 0.142 e. The molecule has 3 nitrogen and oxygen atoms in total. The Hall–Kier alpha value is -1.22. The number of ether oxygens (including phenoxy) is 2. The Labute approximate surface area is 103 Å². The minimum absolute atomic E-state index is 0.191. The van der Waals surface area contributed by atoms with Crippen molar-refractivity contribution >= 4 is 5.69 Å². The van der Waals surface area contributed by atoms with Crippen LogP contribution in [0.1, 0.15) is 38.4 Å². The summed E-state index contributed by atoms with van der Waals surface area (Å²) < 4.78 is 11.3. The summed E-state index contributed by atoms with van der Waals surface area (Å²) in [4.78, 5) is 0. The Morgan fingerprint density at radius 3 is 2.94 bits per heavy atom. The van der Waals surface area contributed by atoms with E-state index in [4.69, 9.17) is 9.47 Å². The van der Waals surface area contributed by atoms with Crippen molar-refractivity contribution in [2.75, 3.05) is 19.0 Å². The standard InChI is InChI=1S/C14H21NO2/c1-4-8-17-13-9-10(2)15-14-11(13)6-5-7-12(14)16-3/h5-7,10,13,15H,4,8-9H2,1-3H3/t10-,13+/m1/s1. The molecule has 0 radical (unpaired) electrons. The summed E-state index contributed by atoms with van der Waals surface area (Å²) in [6, 6.07) is 6.55. The largest absolute Gasteiger partial charge is 0.495 e.